The third-order valence-electron chi connectivity index (χ3n) is 3.76. The van der Waals surface area contributed by atoms with E-state index in [4.69, 9.17) is 5.11 Å². The lowest BCUT2D eigenvalue weighted by atomic mass is 10.0. The van der Waals surface area contributed by atoms with Gasteiger partial charge in [0.05, 0.1) is 5.56 Å². The monoisotopic (exact) mass is 305 g/mol. The van der Waals surface area contributed by atoms with Crippen molar-refractivity contribution in [1.82, 2.24) is 5.32 Å². The van der Waals surface area contributed by atoms with Crippen molar-refractivity contribution in [3.8, 4) is 0 Å². The van der Waals surface area contributed by atoms with Crippen LogP contribution in [0.4, 0.5) is 17.6 Å². The van der Waals surface area contributed by atoms with E-state index >= 15 is 0 Å². The Morgan fingerprint density at radius 1 is 1.33 bits per heavy atom. The Labute approximate surface area is 119 Å². The first-order valence-electron chi connectivity index (χ1n) is 6.53. The highest BCUT2D eigenvalue weighted by Crippen LogP contribution is 2.47. The number of rotatable bonds is 5. The fourth-order valence-corrected chi connectivity index (χ4v) is 2.18. The molecule has 1 aromatic carbocycles. The van der Waals surface area contributed by atoms with Crippen LogP contribution in [0.1, 0.15) is 35.2 Å². The quantitative estimate of drug-likeness (QED) is 0.822. The molecule has 2 rings (SSSR count). The molecule has 0 aliphatic heterocycles. The van der Waals surface area contributed by atoms with Crippen LogP contribution in [-0.4, -0.2) is 24.2 Å². The zero-order valence-corrected chi connectivity index (χ0v) is 11.1. The van der Waals surface area contributed by atoms with Crippen LogP contribution >= 0.6 is 0 Å². The highest BCUT2D eigenvalue weighted by atomic mass is 19.4. The average Bonchev–Trinajstić information content (AvgIpc) is 3.16. The van der Waals surface area contributed by atoms with E-state index in [0.717, 1.165) is 18.9 Å². The molecular formula is C14H15F4NO2. The molecule has 1 amide bonds. The Morgan fingerprint density at radius 2 is 2.00 bits per heavy atom. The standard InChI is InChI=1S/C14H15F4NO2/c15-11-2-1-9(7-10(11)14(16,17)18)12(21)19-8-13(3-4-13)5-6-20/h1-2,7,20H,3-6,8H2,(H,19,21). The van der Waals surface area contributed by atoms with Gasteiger partial charge >= 0.3 is 6.18 Å². The van der Waals surface area contributed by atoms with Crippen molar-refractivity contribution < 1.29 is 27.5 Å². The predicted octanol–water partition coefficient (Wildman–Crippen LogP) is 2.74. The predicted molar refractivity (Wildman–Crippen MR) is 67.1 cm³/mol. The maximum Gasteiger partial charge on any atom is 0.419 e. The van der Waals surface area contributed by atoms with Gasteiger partial charge in [0.2, 0.25) is 0 Å². The van der Waals surface area contributed by atoms with Gasteiger partial charge in [-0.1, -0.05) is 0 Å². The topological polar surface area (TPSA) is 49.3 Å². The molecule has 1 fully saturated rings. The summed E-state index contributed by atoms with van der Waals surface area (Å²) in [5.74, 6) is -2.08. The van der Waals surface area contributed by atoms with E-state index in [1.54, 1.807) is 0 Å². The number of carbonyl (C=O) groups is 1. The number of aliphatic hydroxyl groups excluding tert-OH is 1. The van der Waals surface area contributed by atoms with E-state index in [-0.39, 0.29) is 17.6 Å². The second-order valence-corrected chi connectivity index (χ2v) is 5.35. The van der Waals surface area contributed by atoms with Gasteiger partial charge in [0, 0.05) is 18.7 Å². The van der Waals surface area contributed by atoms with Crippen molar-refractivity contribution in [2.24, 2.45) is 5.41 Å². The minimum Gasteiger partial charge on any atom is -0.396 e. The van der Waals surface area contributed by atoms with Gasteiger partial charge in [-0.15, -0.1) is 0 Å². The first kappa shape index (κ1) is 15.8. The number of benzene rings is 1. The molecule has 0 spiro atoms. The molecule has 0 bridgehead atoms. The fourth-order valence-electron chi connectivity index (χ4n) is 2.18. The number of amides is 1. The summed E-state index contributed by atoms with van der Waals surface area (Å²) in [5, 5.41) is 11.4. The van der Waals surface area contributed by atoms with Gasteiger partial charge in [-0.25, -0.2) is 4.39 Å². The highest BCUT2D eigenvalue weighted by molar-refractivity contribution is 5.94. The van der Waals surface area contributed by atoms with Gasteiger partial charge in [0.25, 0.3) is 5.91 Å². The summed E-state index contributed by atoms with van der Waals surface area (Å²) in [6.07, 6.45) is -2.56. The molecule has 0 heterocycles. The molecule has 0 atom stereocenters. The number of hydrogen-bond donors (Lipinski definition) is 2. The lowest BCUT2D eigenvalue weighted by molar-refractivity contribution is -0.140. The number of alkyl halides is 3. The van der Waals surface area contributed by atoms with Crippen LogP contribution in [0, 0.1) is 11.2 Å². The normalized spacial score (nSPS) is 16.6. The molecule has 2 N–H and O–H groups in total. The van der Waals surface area contributed by atoms with E-state index in [2.05, 4.69) is 5.32 Å². The van der Waals surface area contributed by atoms with E-state index in [1.165, 1.54) is 0 Å². The van der Waals surface area contributed by atoms with Gasteiger partial charge in [-0.2, -0.15) is 13.2 Å². The Hall–Kier alpha value is -1.63. The summed E-state index contributed by atoms with van der Waals surface area (Å²) in [4.78, 5) is 11.9. The van der Waals surface area contributed by atoms with Crippen LogP contribution in [0.15, 0.2) is 18.2 Å². The Kier molecular flexibility index (Phi) is 4.22. The molecule has 1 aliphatic rings. The van der Waals surface area contributed by atoms with E-state index in [1.807, 2.05) is 0 Å². The average molecular weight is 305 g/mol. The second kappa shape index (κ2) is 5.63. The third-order valence-corrected chi connectivity index (χ3v) is 3.76. The Balaban J connectivity index is 2.06. The number of nitrogens with one attached hydrogen (secondary N) is 1. The molecule has 1 aliphatic carbocycles. The maximum atomic E-state index is 13.1. The van der Waals surface area contributed by atoms with Crippen LogP contribution in [0.25, 0.3) is 0 Å². The molecule has 1 aromatic rings. The first-order valence-corrected chi connectivity index (χ1v) is 6.53. The van der Waals surface area contributed by atoms with Crippen LogP contribution < -0.4 is 5.32 Å². The van der Waals surface area contributed by atoms with Crippen LogP contribution in [0.2, 0.25) is 0 Å². The van der Waals surface area contributed by atoms with Crippen molar-refractivity contribution in [2.75, 3.05) is 13.2 Å². The van der Waals surface area contributed by atoms with Gasteiger partial charge in [0.1, 0.15) is 5.82 Å². The minimum atomic E-state index is -4.84. The molecule has 3 nitrogen and oxygen atoms in total. The third kappa shape index (κ3) is 3.72. The van der Waals surface area contributed by atoms with Crippen molar-refractivity contribution in [2.45, 2.75) is 25.4 Å². The molecule has 7 heteroatoms. The lowest BCUT2D eigenvalue weighted by Gasteiger charge is -2.15. The number of carbonyl (C=O) groups excluding carboxylic acids is 1. The minimum absolute atomic E-state index is 0.00460. The maximum absolute atomic E-state index is 13.1. The van der Waals surface area contributed by atoms with Crippen LogP contribution in [-0.2, 0) is 6.18 Å². The number of halogens is 4. The zero-order chi connectivity index (χ0) is 15.7. The Morgan fingerprint density at radius 3 is 2.52 bits per heavy atom. The largest absolute Gasteiger partial charge is 0.419 e. The lowest BCUT2D eigenvalue weighted by Crippen LogP contribution is -2.31. The fraction of sp³-hybridized carbons (Fsp3) is 0.500. The summed E-state index contributed by atoms with van der Waals surface area (Å²) >= 11 is 0. The zero-order valence-electron chi connectivity index (χ0n) is 11.1. The SMILES string of the molecule is O=C(NCC1(CCO)CC1)c1ccc(F)c(C(F)(F)F)c1. The van der Waals surface area contributed by atoms with Gasteiger partial charge in [-0.3, -0.25) is 4.79 Å². The number of hydrogen-bond acceptors (Lipinski definition) is 2. The van der Waals surface area contributed by atoms with Crippen molar-refractivity contribution in [3.05, 3.63) is 35.1 Å². The van der Waals surface area contributed by atoms with Crippen molar-refractivity contribution in [1.29, 1.82) is 0 Å². The Bertz CT molecular complexity index is 538. The van der Waals surface area contributed by atoms with E-state index < -0.39 is 23.5 Å². The smallest absolute Gasteiger partial charge is 0.396 e. The second-order valence-electron chi connectivity index (χ2n) is 5.35. The van der Waals surface area contributed by atoms with Gasteiger partial charge in [-0.05, 0) is 42.9 Å². The highest BCUT2D eigenvalue weighted by Gasteiger charge is 2.42. The van der Waals surface area contributed by atoms with Crippen LogP contribution in [0.3, 0.4) is 0 Å². The summed E-state index contributed by atoms with van der Waals surface area (Å²) in [6, 6.07) is 2.17. The molecule has 0 saturated heterocycles. The summed E-state index contributed by atoms with van der Waals surface area (Å²) in [7, 11) is 0. The molecular weight excluding hydrogens is 290 g/mol. The van der Waals surface area contributed by atoms with Crippen molar-refractivity contribution >= 4 is 5.91 Å². The summed E-state index contributed by atoms with van der Waals surface area (Å²) in [5.41, 5.74) is -1.83. The molecule has 116 valence electrons. The van der Waals surface area contributed by atoms with Gasteiger partial charge in [0.15, 0.2) is 0 Å². The summed E-state index contributed by atoms with van der Waals surface area (Å²) < 4.78 is 50.9. The summed E-state index contributed by atoms with van der Waals surface area (Å²) in [6.45, 7) is 0.301. The first-order chi connectivity index (χ1) is 9.77. The van der Waals surface area contributed by atoms with Crippen LogP contribution in [0.5, 0.6) is 0 Å². The molecule has 0 radical (unpaired) electrons. The molecule has 21 heavy (non-hydrogen) atoms. The van der Waals surface area contributed by atoms with E-state index in [9.17, 15) is 22.4 Å². The molecule has 0 aromatic heterocycles. The van der Waals surface area contributed by atoms with Crippen molar-refractivity contribution in [3.63, 3.8) is 0 Å². The van der Waals surface area contributed by atoms with E-state index in [0.29, 0.717) is 25.1 Å². The molecule has 0 unspecified atom stereocenters. The number of aliphatic hydroxyl groups is 1. The van der Waals surface area contributed by atoms with Gasteiger partial charge < -0.3 is 10.4 Å². The molecule has 1 saturated carbocycles.